The minimum atomic E-state index is -0.133. The average molecular weight is 449 g/mol. The maximum Gasteiger partial charge on any atom is 0.266 e. The molecule has 0 saturated carbocycles. The molecule has 0 spiro atoms. The second kappa shape index (κ2) is 10.7. The van der Waals surface area contributed by atoms with Crippen LogP contribution in [-0.4, -0.2) is 52.6 Å². The van der Waals surface area contributed by atoms with E-state index in [-0.39, 0.29) is 17.4 Å². The van der Waals surface area contributed by atoms with Crippen LogP contribution in [0.25, 0.3) is 11.3 Å². The number of anilines is 1. The molecule has 4 rings (SSSR count). The van der Waals surface area contributed by atoms with E-state index in [4.69, 9.17) is 4.74 Å². The van der Waals surface area contributed by atoms with Gasteiger partial charge in [-0.2, -0.15) is 5.10 Å². The van der Waals surface area contributed by atoms with Crippen LogP contribution >= 0.6 is 0 Å². The highest BCUT2D eigenvalue weighted by atomic mass is 16.5. The largest absolute Gasteiger partial charge is 0.497 e. The van der Waals surface area contributed by atoms with Crippen LogP contribution < -0.4 is 20.5 Å². The summed E-state index contributed by atoms with van der Waals surface area (Å²) < 4.78 is 6.60. The van der Waals surface area contributed by atoms with Crippen molar-refractivity contribution in [2.45, 2.75) is 25.8 Å². The highest BCUT2D eigenvalue weighted by Gasteiger charge is 2.26. The molecule has 1 saturated heterocycles. The summed E-state index contributed by atoms with van der Waals surface area (Å²) in [6.45, 7) is 2.45. The number of amides is 1. The molecule has 1 atom stereocenters. The number of rotatable bonds is 8. The second-order valence-corrected chi connectivity index (χ2v) is 8.02. The van der Waals surface area contributed by atoms with Gasteiger partial charge >= 0.3 is 0 Å². The summed E-state index contributed by atoms with van der Waals surface area (Å²) in [5.41, 5.74) is 1.63. The second-order valence-electron chi connectivity index (χ2n) is 8.02. The van der Waals surface area contributed by atoms with Gasteiger partial charge in [-0.25, -0.2) is 4.68 Å². The Morgan fingerprint density at radius 1 is 1.15 bits per heavy atom. The Bertz CT molecular complexity index is 1110. The molecule has 2 aromatic heterocycles. The predicted molar refractivity (Wildman–Crippen MR) is 125 cm³/mol. The zero-order valence-electron chi connectivity index (χ0n) is 18.7. The maximum absolute atomic E-state index is 12.7. The van der Waals surface area contributed by atoms with Gasteiger partial charge in [0.25, 0.3) is 5.56 Å². The van der Waals surface area contributed by atoms with Gasteiger partial charge in [-0.05, 0) is 61.7 Å². The highest BCUT2D eigenvalue weighted by molar-refractivity contribution is 5.79. The number of hydrogen-bond donors (Lipinski definition) is 1. The SMILES string of the molecule is COc1ccc(-c2ccc(N3CCC[C@@H](C(=O)NCCCn4ncccc4=O)C3)nn2)cc1. The molecule has 33 heavy (non-hydrogen) atoms. The Labute approximate surface area is 192 Å². The topological polar surface area (TPSA) is 102 Å². The first kappa shape index (κ1) is 22.4. The molecule has 1 aliphatic heterocycles. The first-order valence-corrected chi connectivity index (χ1v) is 11.2. The van der Waals surface area contributed by atoms with Gasteiger partial charge in [-0.15, -0.1) is 10.2 Å². The third-order valence-corrected chi connectivity index (χ3v) is 5.78. The summed E-state index contributed by atoms with van der Waals surface area (Å²) in [4.78, 5) is 26.5. The van der Waals surface area contributed by atoms with E-state index in [0.29, 0.717) is 26.1 Å². The number of piperidine rings is 1. The third-order valence-electron chi connectivity index (χ3n) is 5.78. The summed E-state index contributed by atoms with van der Waals surface area (Å²) in [6.07, 6.45) is 4.00. The third kappa shape index (κ3) is 5.74. The fourth-order valence-electron chi connectivity index (χ4n) is 3.95. The summed E-state index contributed by atoms with van der Waals surface area (Å²) in [6, 6.07) is 14.7. The lowest BCUT2D eigenvalue weighted by atomic mass is 9.97. The minimum Gasteiger partial charge on any atom is -0.497 e. The number of nitrogens with one attached hydrogen (secondary N) is 1. The summed E-state index contributed by atoms with van der Waals surface area (Å²) in [5.74, 6) is 1.51. The fourth-order valence-corrected chi connectivity index (χ4v) is 3.95. The molecular weight excluding hydrogens is 420 g/mol. The molecule has 9 heteroatoms. The van der Waals surface area contributed by atoms with Crippen LogP contribution in [0, 0.1) is 5.92 Å². The van der Waals surface area contributed by atoms with Gasteiger partial charge in [0.15, 0.2) is 5.82 Å². The molecule has 172 valence electrons. The van der Waals surface area contributed by atoms with Gasteiger partial charge in [0.2, 0.25) is 5.91 Å². The molecule has 9 nitrogen and oxygen atoms in total. The van der Waals surface area contributed by atoms with Crippen LogP contribution in [0.5, 0.6) is 5.75 Å². The predicted octanol–water partition coefficient (Wildman–Crippen LogP) is 2.13. The number of methoxy groups -OCH3 is 1. The van der Waals surface area contributed by atoms with E-state index in [9.17, 15) is 9.59 Å². The van der Waals surface area contributed by atoms with Crippen molar-refractivity contribution in [3.63, 3.8) is 0 Å². The van der Waals surface area contributed by atoms with Gasteiger partial charge in [0, 0.05) is 44.0 Å². The Kier molecular flexibility index (Phi) is 7.29. The van der Waals surface area contributed by atoms with E-state index in [0.717, 1.165) is 42.2 Å². The van der Waals surface area contributed by atoms with Crippen LogP contribution in [0.4, 0.5) is 5.82 Å². The van der Waals surface area contributed by atoms with Crippen molar-refractivity contribution in [3.8, 4) is 17.0 Å². The first-order chi connectivity index (χ1) is 16.1. The molecule has 1 aromatic carbocycles. The number of carbonyl (C=O) groups excluding carboxylic acids is 1. The molecule has 0 aliphatic carbocycles. The van der Waals surface area contributed by atoms with E-state index in [1.807, 2.05) is 36.4 Å². The summed E-state index contributed by atoms with van der Waals surface area (Å²) >= 11 is 0. The van der Waals surface area contributed by atoms with Crippen LogP contribution in [0.3, 0.4) is 0 Å². The van der Waals surface area contributed by atoms with Crippen LogP contribution in [0.2, 0.25) is 0 Å². The standard InChI is InChI=1S/C24H28N6O3/c1-33-20-9-7-18(8-10-20)21-11-12-22(28-27-21)29-15-3-5-19(17-29)24(32)25-13-4-16-30-23(31)6-2-14-26-30/h2,6-12,14,19H,3-5,13,15-17H2,1H3,(H,25,32)/t19-/m1/s1. The van der Waals surface area contributed by atoms with E-state index in [1.165, 1.54) is 10.7 Å². The van der Waals surface area contributed by atoms with Crippen molar-refractivity contribution in [3.05, 3.63) is 65.1 Å². The van der Waals surface area contributed by atoms with Gasteiger partial charge in [0.1, 0.15) is 5.75 Å². The van der Waals surface area contributed by atoms with Crippen molar-refractivity contribution in [1.82, 2.24) is 25.3 Å². The number of benzene rings is 1. The van der Waals surface area contributed by atoms with Crippen LogP contribution in [-0.2, 0) is 11.3 Å². The van der Waals surface area contributed by atoms with Crippen molar-refractivity contribution in [1.29, 1.82) is 0 Å². The quantitative estimate of drug-likeness (QED) is 0.527. The van der Waals surface area contributed by atoms with E-state index >= 15 is 0 Å². The fraction of sp³-hybridized carbons (Fsp3) is 0.375. The van der Waals surface area contributed by atoms with Crippen LogP contribution in [0.15, 0.2) is 59.5 Å². The summed E-state index contributed by atoms with van der Waals surface area (Å²) in [7, 11) is 1.64. The lowest BCUT2D eigenvalue weighted by Gasteiger charge is -2.32. The molecule has 3 aromatic rings. The molecule has 0 bridgehead atoms. The normalized spacial score (nSPS) is 15.8. The van der Waals surface area contributed by atoms with Crippen molar-refractivity contribution in [2.24, 2.45) is 5.92 Å². The van der Waals surface area contributed by atoms with E-state index in [1.54, 1.807) is 19.4 Å². The average Bonchev–Trinajstić information content (AvgIpc) is 2.88. The molecular formula is C24H28N6O3. The van der Waals surface area contributed by atoms with Crippen LogP contribution in [0.1, 0.15) is 19.3 Å². The van der Waals surface area contributed by atoms with Crippen molar-refractivity contribution < 1.29 is 9.53 Å². The smallest absolute Gasteiger partial charge is 0.266 e. The van der Waals surface area contributed by atoms with Gasteiger partial charge in [0.05, 0.1) is 18.7 Å². The lowest BCUT2D eigenvalue weighted by molar-refractivity contribution is -0.125. The molecule has 1 fully saturated rings. The minimum absolute atomic E-state index is 0.0379. The van der Waals surface area contributed by atoms with E-state index < -0.39 is 0 Å². The Hall–Kier alpha value is -3.75. The zero-order valence-corrected chi connectivity index (χ0v) is 18.7. The van der Waals surface area contributed by atoms with Crippen molar-refractivity contribution >= 4 is 11.7 Å². The molecule has 3 heterocycles. The Morgan fingerprint density at radius 3 is 2.73 bits per heavy atom. The Morgan fingerprint density at radius 2 is 2.00 bits per heavy atom. The Balaban J connectivity index is 1.29. The van der Waals surface area contributed by atoms with Gasteiger partial charge in [-0.3, -0.25) is 9.59 Å². The maximum atomic E-state index is 12.7. The zero-order chi connectivity index (χ0) is 23.0. The highest BCUT2D eigenvalue weighted by Crippen LogP contribution is 2.24. The molecule has 0 radical (unpaired) electrons. The molecule has 0 unspecified atom stereocenters. The molecule has 1 amide bonds. The number of aromatic nitrogens is 4. The number of ether oxygens (including phenoxy) is 1. The summed E-state index contributed by atoms with van der Waals surface area (Å²) in [5, 5.41) is 15.8. The van der Waals surface area contributed by atoms with Gasteiger partial charge in [-0.1, -0.05) is 0 Å². The van der Waals surface area contributed by atoms with E-state index in [2.05, 4.69) is 25.5 Å². The number of carbonyl (C=O) groups is 1. The first-order valence-electron chi connectivity index (χ1n) is 11.2. The molecule has 1 aliphatic rings. The lowest BCUT2D eigenvalue weighted by Crippen LogP contribution is -2.43. The number of hydrogen-bond acceptors (Lipinski definition) is 7. The number of nitrogens with zero attached hydrogens (tertiary/aromatic N) is 5. The van der Waals surface area contributed by atoms with Gasteiger partial charge < -0.3 is 15.0 Å². The van der Waals surface area contributed by atoms with Crippen molar-refractivity contribution in [2.75, 3.05) is 31.6 Å². The molecule has 1 N–H and O–H groups in total. The monoisotopic (exact) mass is 448 g/mol. The number of aryl methyl sites for hydroxylation is 1.